The van der Waals surface area contributed by atoms with Crippen molar-refractivity contribution in [3.63, 3.8) is 0 Å². The summed E-state index contributed by atoms with van der Waals surface area (Å²) in [6, 6.07) is 8.92. The molecular weight excluding hydrogens is 274 g/mol. The molecule has 0 unspecified atom stereocenters. The Morgan fingerprint density at radius 1 is 1.25 bits per heavy atom. The molecule has 1 aromatic heterocycles. The maximum absolute atomic E-state index is 12.2. The van der Waals surface area contributed by atoms with E-state index in [1.54, 1.807) is 29.1 Å². The highest BCUT2D eigenvalue weighted by atomic mass is 32.2. The molecule has 1 heterocycles. The predicted molar refractivity (Wildman–Crippen MR) is 79.3 cm³/mol. The quantitative estimate of drug-likeness (QED) is 0.887. The second-order valence-electron chi connectivity index (χ2n) is 4.61. The van der Waals surface area contributed by atoms with Crippen LogP contribution in [0.2, 0.25) is 0 Å². The van der Waals surface area contributed by atoms with Gasteiger partial charge in [0.1, 0.15) is 0 Å². The number of sulfone groups is 1. The lowest BCUT2D eigenvalue weighted by Crippen LogP contribution is -2.11. The van der Waals surface area contributed by atoms with Crippen LogP contribution in [0.1, 0.15) is 19.0 Å². The molecule has 1 aromatic carbocycles. The first kappa shape index (κ1) is 14.6. The summed E-state index contributed by atoms with van der Waals surface area (Å²) in [6.07, 6.45) is 2.33. The second kappa shape index (κ2) is 6.09. The van der Waals surface area contributed by atoms with E-state index in [1.165, 1.54) is 0 Å². The van der Waals surface area contributed by atoms with E-state index in [4.69, 9.17) is 0 Å². The molecule has 108 valence electrons. The van der Waals surface area contributed by atoms with Crippen molar-refractivity contribution in [3.8, 4) is 0 Å². The van der Waals surface area contributed by atoms with Gasteiger partial charge in [-0.15, -0.1) is 0 Å². The molecule has 5 nitrogen and oxygen atoms in total. The zero-order valence-electron chi connectivity index (χ0n) is 11.7. The molecule has 1 N–H and O–H groups in total. The first-order valence-corrected chi connectivity index (χ1v) is 8.22. The largest absolute Gasteiger partial charge is 0.378 e. The van der Waals surface area contributed by atoms with Gasteiger partial charge in [-0.05, 0) is 24.6 Å². The molecule has 0 bridgehead atoms. The van der Waals surface area contributed by atoms with E-state index >= 15 is 0 Å². The van der Waals surface area contributed by atoms with Gasteiger partial charge < -0.3 is 5.32 Å². The molecule has 0 radical (unpaired) electrons. The Balaban J connectivity index is 2.23. The lowest BCUT2D eigenvalue weighted by molar-refractivity contribution is 0.595. The smallest absolute Gasteiger partial charge is 0.180 e. The lowest BCUT2D eigenvalue weighted by Gasteiger charge is -2.12. The van der Waals surface area contributed by atoms with E-state index in [9.17, 15) is 8.42 Å². The van der Waals surface area contributed by atoms with Gasteiger partial charge in [0.25, 0.3) is 0 Å². The summed E-state index contributed by atoms with van der Waals surface area (Å²) in [6.45, 7) is 2.40. The van der Waals surface area contributed by atoms with Gasteiger partial charge in [-0.3, -0.25) is 4.68 Å². The van der Waals surface area contributed by atoms with Gasteiger partial charge in [-0.2, -0.15) is 5.10 Å². The minimum absolute atomic E-state index is 0.164. The molecule has 0 atom stereocenters. The molecule has 0 fully saturated rings. The van der Waals surface area contributed by atoms with Gasteiger partial charge in [0.05, 0.1) is 28.6 Å². The molecular formula is C14H19N3O2S. The first-order valence-electron chi connectivity index (χ1n) is 6.57. The number of aromatic nitrogens is 2. The van der Waals surface area contributed by atoms with Gasteiger partial charge in [-0.1, -0.05) is 19.1 Å². The molecule has 0 aliphatic rings. The molecule has 20 heavy (non-hydrogen) atoms. The molecule has 6 heteroatoms. The number of hydrogen-bond donors (Lipinski definition) is 1. The number of hydrogen-bond acceptors (Lipinski definition) is 4. The van der Waals surface area contributed by atoms with Crippen molar-refractivity contribution in [1.29, 1.82) is 0 Å². The number of benzene rings is 1. The van der Waals surface area contributed by atoms with Crippen LogP contribution in [-0.4, -0.2) is 24.0 Å². The van der Waals surface area contributed by atoms with Crippen LogP contribution in [-0.2, 0) is 23.4 Å². The highest BCUT2D eigenvalue weighted by Gasteiger charge is 2.17. The SMILES string of the molecule is CCCS(=O)(=O)c1ccccc1NCc1ccnn1C. The summed E-state index contributed by atoms with van der Waals surface area (Å²) in [4.78, 5) is 0.365. The minimum atomic E-state index is -3.23. The first-order chi connectivity index (χ1) is 9.54. The highest BCUT2D eigenvalue weighted by molar-refractivity contribution is 7.91. The fraction of sp³-hybridized carbons (Fsp3) is 0.357. The van der Waals surface area contributed by atoms with Crippen LogP contribution < -0.4 is 5.32 Å². The molecule has 0 saturated heterocycles. The maximum atomic E-state index is 12.2. The van der Waals surface area contributed by atoms with E-state index in [1.807, 2.05) is 26.1 Å². The van der Waals surface area contributed by atoms with Crippen molar-refractivity contribution >= 4 is 15.5 Å². The van der Waals surface area contributed by atoms with Gasteiger partial charge in [0.15, 0.2) is 9.84 Å². The molecule has 0 aliphatic heterocycles. The standard InChI is InChI=1S/C14H19N3O2S/c1-3-10-20(18,19)14-7-5-4-6-13(14)15-11-12-8-9-16-17(12)2/h4-9,15H,3,10-11H2,1-2H3. The third-order valence-electron chi connectivity index (χ3n) is 3.08. The Hall–Kier alpha value is -1.82. The Morgan fingerprint density at radius 3 is 2.65 bits per heavy atom. The van der Waals surface area contributed by atoms with E-state index in [0.29, 0.717) is 23.5 Å². The topological polar surface area (TPSA) is 64.0 Å². The molecule has 0 amide bonds. The van der Waals surface area contributed by atoms with Gasteiger partial charge in [-0.25, -0.2) is 8.42 Å². The van der Waals surface area contributed by atoms with E-state index in [2.05, 4.69) is 10.4 Å². The highest BCUT2D eigenvalue weighted by Crippen LogP contribution is 2.23. The molecule has 0 saturated carbocycles. The zero-order chi connectivity index (χ0) is 14.6. The number of nitrogens with one attached hydrogen (secondary N) is 1. The fourth-order valence-electron chi connectivity index (χ4n) is 2.02. The molecule has 2 rings (SSSR count). The Kier molecular flexibility index (Phi) is 4.44. The summed E-state index contributed by atoms with van der Waals surface area (Å²) >= 11 is 0. The minimum Gasteiger partial charge on any atom is -0.378 e. The van der Waals surface area contributed by atoms with Gasteiger partial charge in [0.2, 0.25) is 0 Å². The van der Waals surface area contributed by atoms with Crippen molar-refractivity contribution in [2.45, 2.75) is 24.8 Å². The summed E-state index contributed by atoms with van der Waals surface area (Å²) in [5, 5.41) is 7.27. The average Bonchev–Trinajstić information content (AvgIpc) is 2.82. The number of para-hydroxylation sites is 1. The van der Waals surface area contributed by atoms with Crippen LogP contribution in [0.25, 0.3) is 0 Å². The number of aryl methyl sites for hydroxylation is 1. The van der Waals surface area contributed by atoms with Crippen LogP contribution in [0.3, 0.4) is 0 Å². The Morgan fingerprint density at radius 2 is 2.00 bits per heavy atom. The van der Waals surface area contributed by atoms with Crippen molar-refractivity contribution in [2.24, 2.45) is 7.05 Å². The van der Waals surface area contributed by atoms with Gasteiger partial charge >= 0.3 is 0 Å². The van der Waals surface area contributed by atoms with Crippen molar-refractivity contribution in [2.75, 3.05) is 11.1 Å². The van der Waals surface area contributed by atoms with Crippen LogP contribution in [0.5, 0.6) is 0 Å². The monoisotopic (exact) mass is 293 g/mol. The molecule has 0 spiro atoms. The van der Waals surface area contributed by atoms with Gasteiger partial charge in [0, 0.05) is 13.2 Å². The Bertz CT molecular complexity index is 677. The van der Waals surface area contributed by atoms with Crippen LogP contribution in [0.4, 0.5) is 5.69 Å². The summed E-state index contributed by atoms with van der Waals surface area (Å²) in [7, 11) is -1.37. The molecule has 0 aliphatic carbocycles. The number of nitrogens with zero attached hydrogens (tertiary/aromatic N) is 2. The van der Waals surface area contributed by atoms with Crippen LogP contribution >= 0.6 is 0 Å². The normalized spacial score (nSPS) is 11.5. The van der Waals surface area contributed by atoms with E-state index in [0.717, 1.165) is 5.69 Å². The van der Waals surface area contributed by atoms with E-state index < -0.39 is 9.84 Å². The number of rotatable bonds is 6. The molecule has 2 aromatic rings. The van der Waals surface area contributed by atoms with E-state index in [-0.39, 0.29) is 5.75 Å². The summed E-state index contributed by atoms with van der Waals surface area (Å²) < 4.78 is 26.2. The van der Waals surface area contributed by atoms with Crippen molar-refractivity contribution in [3.05, 3.63) is 42.2 Å². The lowest BCUT2D eigenvalue weighted by atomic mass is 10.3. The zero-order valence-corrected chi connectivity index (χ0v) is 12.5. The van der Waals surface area contributed by atoms with Crippen molar-refractivity contribution in [1.82, 2.24) is 9.78 Å². The van der Waals surface area contributed by atoms with Crippen LogP contribution in [0.15, 0.2) is 41.4 Å². The second-order valence-corrected chi connectivity index (χ2v) is 6.69. The predicted octanol–water partition coefficient (Wildman–Crippen LogP) is 2.22. The Labute approximate surface area is 119 Å². The summed E-state index contributed by atoms with van der Waals surface area (Å²) in [5.41, 5.74) is 1.63. The fourth-order valence-corrected chi connectivity index (χ4v) is 3.54. The van der Waals surface area contributed by atoms with Crippen molar-refractivity contribution < 1.29 is 8.42 Å². The average molecular weight is 293 g/mol. The van der Waals surface area contributed by atoms with Crippen LogP contribution in [0, 0.1) is 0 Å². The number of anilines is 1. The third kappa shape index (κ3) is 3.19. The maximum Gasteiger partial charge on any atom is 0.180 e. The summed E-state index contributed by atoms with van der Waals surface area (Å²) in [5.74, 6) is 0.164. The third-order valence-corrected chi connectivity index (χ3v) is 5.05.